The maximum absolute atomic E-state index is 5.58. The van der Waals surface area contributed by atoms with Crippen LogP contribution in [0, 0.1) is 6.92 Å². The van der Waals surface area contributed by atoms with E-state index in [1.54, 1.807) is 4.68 Å². The molecule has 0 atom stereocenters. The summed E-state index contributed by atoms with van der Waals surface area (Å²) in [6.07, 6.45) is 1.92. The van der Waals surface area contributed by atoms with E-state index in [9.17, 15) is 0 Å². The zero-order chi connectivity index (χ0) is 23.8. The maximum atomic E-state index is 5.58. The highest BCUT2D eigenvalue weighted by molar-refractivity contribution is 5.84. The van der Waals surface area contributed by atoms with E-state index >= 15 is 0 Å². The number of morpholine rings is 1. The molecule has 0 aliphatic carbocycles. The Bertz CT molecular complexity index is 1320. The highest BCUT2D eigenvalue weighted by Gasteiger charge is 2.22. The summed E-state index contributed by atoms with van der Waals surface area (Å²) >= 11 is 0. The minimum Gasteiger partial charge on any atom is -0.378 e. The molecule has 0 bridgehead atoms. The van der Waals surface area contributed by atoms with E-state index < -0.39 is 0 Å². The molecule has 1 N–H and O–H groups in total. The molecule has 2 saturated heterocycles. The van der Waals surface area contributed by atoms with E-state index in [2.05, 4.69) is 57.9 Å². The predicted molar refractivity (Wildman–Crippen MR) is 135 cm³/mol. The number of ether oxygens (including phenoxy) is 1. The molecule has 0 amide bonds. The topological polar surface area (TPSA) is 91.2 Å². The largest absolute Gasteiger partial charge is 0.378 e. The van der Waals surface area contributed by atoms with Gasteiger partial charge < -0.3 is 19.5 Å². The third-order valence-electron chi connectivity index (χ3n) is 6.75. The fourth-order valence-corrected chi connectivity index (χ4v) is 4.71. The van der Waals surface area contributed by atoms with Gasteiger partial charge >= 0.3 is 0 Å². The number of nitrogens with zero attached hydrogens (tertiary/aromatic N) is 8. The van der Waals surface area contributed by atoms with Crippen LogP contribution in [0.1, 0.15) is 11.4 Å². The molecule has 0 saturated carbocycles. The molecule has 4 aromatic rings. The fourth-order valence-electron chi connectivity index (χ4n) is 4.71. The van der Waals surface area contributed by atoms with Crippen LogP contribution >= 0.6 is 0 Å². The number of fused-ring (bicyclic) bond motifs is 1. The first kappa shape index (κ1) is 22.1. The van der Waals surface area contributed by atoms with E-state index in [0.717, 1.165) is 79.9 Å². The Balaban J connectivity index is 1.36. The van der Waals surface area contributed by atoms with Gasteiger partial charge in [-0.2, -0.15) is 15.1 Å². The van der Waals surface area contributed by atoms with E-state index in [1.165, 1.54) is 5.56 Å². The van der Waals surface area contributed by atoms with E-state index in [1.807, 2.05) is 12.3 Å². The van der Waals surface area contributed by atoms with Gasteiger partial charge in [0.25, 0.3) is 5.95 Å². The summed E-state index contributed by atoms with van der Waals surface area (Å²) < 4.78 is 7.34. The molecular formula is C25H31N9O. The Hall–Kier alpha value is -3.34. The Morgan fingerprint density at radius 1 is 0.971 bits per heavy atom. The summed E-state index contributed by atoms with van der Waals surface area (Å²) in [7, 11) is 2.17. The van der Waals surface area contributed by atoms with Crippen LogP contribution in [0.3, 0.4) is 0 Å². The predicted octanol–water partition coefficient (Wildman–Crippen LogP) is 2.10. The first-order valence-electron chi connectivity index (χ1n) is 12.3. The minimum atomic E-state index is 0.535. The lowest BCUT2D eigenvalue weighted by Crippen LogP contribution is -2.44. The van der Waals surface area contributed by atoms with E-state index in [0.29, 0.717) is 19.2 Å². The van der Waals surface area contributed by atoms with Crippen LogP contribution in [0.15, 0.2) is 36.5 Å². The minimum absolute atomic E-state index is 0.535. The molecule has 5 heterocycles. The Morgan fingerprint density at radius 2 is 1.80 bits per heavy atom. The molecular weight excluding hydrogens is 442 g/mol. The molecule has 2 aliphatic heterocycles. The number of benzene rings is 1. The van der Waals surface area contributed by atoms with Gasteiger partial charge in [-0.25, -0.2) is 9.67 Å². The molecule has 0 unspecified atom stereocenters. The molecule has 10 heteroatoms. The highest BCUT2D eigenvalue weighted by Crippen LogP contribution is 2.26. The van der Waals surface area contributed by atoms with Crippen molar-refractivity contribution < 1.29 is 4.74 Å². The maximum Gasteiger partial charge on any atom is 0.254 e. The summed E-state index contributed by atoms with van der Waals surface area (Å²) in [5, 5.41) is 4.79. The molecule has 182 valence electrons. The fraction of sp³-hybridized carbons (Fsp3) is 0.440. The van der Waals surface area contributed by atoms with Crippen molar-refractivity contribution in [2.75, 3.05) is 64.4 Å². The van der Waals surface area contributed by atoms with Gasteiger partial charge in [-0.05, 0) is 26.1 Å². The standard InChI is InChI=1S/C25H31N9O/c1-18-4-3-5-19(16-18)20-6-7-34(30-20)25-28-23-22(24(29-25)33-12-14-35-15-13-33)26-21(27-23)17-32-10-8-31(2)9-11-32/h3-7,16H,8-15,17H2,1-2H3,(H,26,27,28,29). The monoisotopic (exact) mass is 473 g/mol. The van der Waals surface area contributed by atoms with Crippen LogP contribution in [0.2, 0.25) is 0 Å². The number of hydrogen-bond acceptors (Lipinski definition) is 8. The second-order valence-electron chi connectivity index (χ2n) is 9.42. The molecule has 6 rings (SSSR count). The summed E-state index contributed by atoms with van der Waals surface area (Å²) in [5.41, 5.74) is 4.73. The van der Waals surface area contributed by atoms with Crippen LogP contribution in [-0.4, -0.2) is 99.0 Å². The van der Waals surface area contributed by atoms with Gasteiger partial charge in [0.05, 0.1) is 25.5 Å². The number of H-pyrrole nitrogens is 1. The van der Waals surface area contributed by atoms with Crippen LogP contribution in [0.5, 0.6) is 0 Å². The number of piperazine rings is 1. The molecule has 10 nitrogen and oxygen atoms in total. The Kier molecular flexibility index (Phi) is 5.93. The van der Waals surface area contributed by atoms with Crippen molar-refractivity contribution in [2.45, 2.75) is 13.5 Å². The van der Waals surface area contributed by atoms with Crippen molar-refractivity contribution in [1.29, 1.82) is 0 Å². The molecule has 2 aliphatic rings. The molecule has 0 radical (unpaired) electrons. The first-order chi connectivity index (χ1) is 17.1. The molecule has 3 aromatic heterocycles. The summed E-state index contributed by atoms with van der Waals surface area (Å²) in [5.74, 6) is 2.29. The zero-order valence-corrected chi connectivity index (χ0v) is 20.3. The van der Waals surface area contributed by atoms with Crippen LogP contribution in [0.4, 0.5) is 5.82 Å². The molecule has 35 heavy (non-hydrogen) atoms. The average Bonchev–Trinajstić information content (AvgIpc) is 3.53. The quantitative estimate of drug-likeness (QED) is 0.471. The molecule has 1 aromatic carbocycles. The van der Waals surface area contributed by atoms with Gasteiger partial charge in [0.15, 0.2) is 17.0 Å². The second-order valence-corrected chi connectivity index (χ2v) is 9.42. The number of imidazole rings is 1. The number of aryl methyl sites for hydroxylation is 1. The van der Waals surface area contributed by atoms with Crippen molar-refractivity contribution in [2.24, 2.45) is 0 Å². The Morgan fingerprint density at radius 3 is 2.60 bits per heavy atom. The number of hydrogen-bond donors (Lipinski definition) is 1. The normalized spacial score (nSPS) is 17.9. The van der Waals surface area contributed by atoms with Crippen molar-refractivity contribution >= 4 is 17.0 Å². The number of anilines is 1. The lowest BCUT2D eigenvalue weighted by atomic mass is 10.1. The van der Waals surface area contributed by atoms with E-state index in [-0.39, 0.29) is 0 Å². The Labute approximate surface area is 204 Å². The average molecular weight is 474 g/mol. The zero-order valence-electron chi connectivity index (χ0n) is 20.3. The molecule has 0 spiro atoms. The van der Waals surface area contributed by atoms with Crippen molar-refractivity contribution in [3.63, 3.8) is 0 Å². The van der Waals surface area contributed by atoms with Crippen LogP contribution in [-0.2, 0) is 11.3 Å². The van der Waals surface area contributed by atoms with Crippen molar-refractivity contribution in [3.05, 3.63) is 47.9 Å². The number of aromatic nitrogens is 6. The van der Waals surface area contributed by atoms with E-state index in [4.69, 9.17) is 24.8 Å². The van der Waals surface area contributed by atoms with Gasteiger partial charge in [0, 0.05) is 51.0 Å². The van der Waals surface area contributed by atoms with Crippen LogP contribution < -0.4 is 4.90 Å². The van der Waals surface area contributed by atoms with Crippen molar-refractivity contribution in [3.8, 4) is 17.2 Å². The first-order valence-corrected chi connectivity index (χ1v) is 12.3. The third kappa shape index (κ3) is 4.64. The smallest absolute Gasteiger partial charge is 0.254 e. The van der Waals surface area contributed by atoms with Gasteiger partial charge in [-0.15, -0.1) is 0 Å². The summed E-state index contributed by atoms with van der Waals surface area (Å²) in [6, 6.07) is 10.3. The van der Waals surface area contributed by atoms with Gasteiger partial charge in [-0.3, -0.25) is 4.90 Å². The highest BCUT2D eigenvalue weighted by atomic mass is 16.5. The lowest BCUT2D eigenvalue weighted by Gasteiger charge is -2.31. The second kappa shape index (κ2) is 9.37. The van der Waals surface area contributed by atoms with Crippen molar-refractivity contribution in [1.82, 2.24) is 39.5 Å². The summed E-state index contributed by atoms with van der Waals surface area (Å²) in [6.45, 7) is 10.0. The number of likely N-dealkylation sites (N-methyl/N-ethyl adjacent to an activating group) is 1. The van der Waals surface area contributed by atoms with Gasteiger partial charge in [0.2, 0.25) is 0 Å². The van der Waals surface area contributed by atoms with Gasteiger partial charge in [0.1, 0.15) is 5.82 Å². The lowest BCUT2D eigenvalue weighted by molar-refractivity contribution is 0.122. The molecule has 2 fully saturated rings. The van der Waals surface area contributed by atoms with Crippen LogP contribution in [0.25, 0.3) is 28.4 Å². The number of rotatable bonds is 5. The third-order valence-corrected chi connectivity index (χ3v) is 6.75. The SMILES string of the molecule is Cc1cccc(-c2ccn(-c3nc(N4CCOCC4)c4nc(CN5CCN(C)CC5)[nH]c4n3)n2)c1. The number of nitrogens with one attached hydrogen (secondary N) is 1. The number of aromatic amines is 1. The summed E-state index contributed by atoms with van der Waals surface area (Å²) in [4.78, 5) is 25.2. The van der Waals surface area contributed by atoms with Gasteiger partial charge in [-0.1, -0.05) is 23.8 Å².